The fraction of sp³-hybridized carbons (Fsp3) is 0.344. The summed E-state index contributed by atoms with van der Waals surface area (Å²) in [7, 11) is 0. The number of carbonyl (C=O) groups is 1. The fourth-order valence-corrected chi connectivity index (χ4v) is 6.35. The number of rotatable bonds is 7. The summed E-state index contributed by atoms with van der Waals surface area (Å²) in [5, 5.41) is 15.5. The van der Waals surface area contributed by atoms with Crippen molar-refractivity contribution in [1.82, 2.24) is 14.8 Å². The van der Waals surface area contributed by atoms with Crippen molar-refractivity contribution >= 4 is 11.6 Å². The van der Waals surface area contributed by atoms with E-state index in [4.69, 9.17) is 5.10 Å². The van der Waals surface area contributed by atoms with Crippen molar-refractivity contribution in [3.8, 4) is 5.75 Å². The average Bonchev–Trinajstić information content (AvgIpc) is 3.36. The number of aliphatic hydroxyl groups is 1. The molecule has 1 aliphatic heterocycles. The van der Waals surface area contributed by atoms with E-state index in [1.807, 2.05) is 65.6 Å². The molecule has 0 bridgehead atoms. The Morgan fingerprint density at radius 1 is 0.909 bits per heavy atom. The largest absolute Gasteiger partial charge is 0.433 e. The first-order valence-corrected chi connectivity index (χ1v) is 14.3. The summed E-state index contributed by atoms with van der Waals surface area (Å²) in [4.78, 5) is 19.0. The second-order valence-electron chi connectivity index (χ2n) is 11.0. The van der Waals surface area contributed by atoms with Crippen molar-refractivity contribution in [1.29, 1.82) is 0 Å². The lowest BCUT2D eigenvalue weighted by Crippen LogP contribution is -2.43. The molecule has 0 spiro atoms. The van der Waals surface area contributed by atoms with E-state index in [2.05, 4.69) is 9.72 Å². The number of hydrogen-bond donors (Lipinski definition) is 1. The average molecular weight is 613 g/mol. The zero-order valence-corrected chi connectivity index (χ0v) is 23.4. The van der Waals surface area contributed by atoms with Crippen molar-refractivity contribution in [3.63, 3.8) is 0 Å². The Labute approximate surface area is 249 Å². The van der Waals surface area contributed by atoms with Crippen molar-refractivity contribution in [2.24, 2.45) is 0 Å². The number of benzene rings is 2. The molecule has 1 N–H and O–H groups in total. The van der Waals surface area contributed by atoms with Crippen LogP contribution in [-0.2, 0) is 11.2 Å². The summed E-state index contributed by atoms with van der Waals surface area (Å²) in [5.74, 6) is -3.22. The molecule has 2 aliphatic rings. The van der Waals surface area contributed by atoms with Crippen LogP contribution in [0.25, 0.3) is 0 Å². The summed E-state index contributed by atoms with van der Waals surface area (Å²) in [5.41, 5.74) is 1.86. The highest BCUT2D eigenvalue weighted by atomic mass is 19.4. The molecule has 0 radical (unpaired) electrons. The number of pyridine rings is 1. The summed E-state index contributed by atoms with van der Waals surface area (Å²) >= 11 is 0. The highest BCUT2D eigenvalue weighted by Crippen LogP contribution is 2.48. The summed E-state index contributed by atoms with van der Waals surface area (Å²) in [6, 6.07) is 20.9. The van der Waals surface area contributed by atoms with Crippen LogP contribution in [-0.4, -0.2) is 57.6 Å². The van der Waals surface area contributed by atoms with Crippen LogP contribution in [0.1, 0.15) is 58.8 Å². The Morgan fingerprint density at radius 3 is 2.05 bits per heavy atom. The van der Waals surface area contributed by atoms with Crippen LogP contribution in [0.5, 0.6) is 5.75 Å². The molecule has 1 saturated heterocycles. The van der Waals surface area contributed by atoms with Gasteiger partial charge in [-0.1, -0.05) is 60.7 Å². The molecule has 6 rings (SSSR count). The lowest BCUT2D eigenvalue weighted by atomic mass is 9.78. The maximum atomic E-state index is 14.6. The number of fused-ring (bicyclic) bond motifs is 1. The number of hydrogen-bond acceptors (Lipinski definition) is 6. The maximum Gasteiger partial charge on any atom is 0.398 e. The number of ketones is 1. The first-order valence-electron chi connectivity index (χ1n) is 14.3. The molecule has 1 aliphatic carbocycles. The van der Waals surface area contributed by atoms with E-state index in [0.29, 0.717) is 31.7 Å². The zero-order valence-electron chi connectivity index (χ0n) is 23.4. The predicted molar refractivity (Wildman–Crippen MR) is 151 cm³/mol. The van der Waals surface area contributed by atoms with Gasteiger partial charge in [-0.15, -0.1) is 0 Å². The fourth-order valence-electron chi connectivity index (χ4n) is 6.35. The number of piperidine rings is 1. The van der Waals surface area contributed by atoms with Crippen LogP contribution < -0.4 is 9.64 Å². The molecule has 3 heterocycles. The Kier molecular flexibility index (Phi) is 8.10. The van der Waals surface area contributed by atoms with E-state index in [1.54, 1.807) is 10.7 Å². The highest BCUT2D eigenvalue weighted by molar-refractivity contribution is 5.88. The number of nitrogens with zero attached hydrogens (tertiary/aromatic N) is 4. The molecule has 2 aromatic carbocycles. The summed E-state index contributed by atoms with van der Waals surface area (Å²) in [6.07, 6.45) is -5.42. The van der Waals surface area contributed by atoms with Gasteiger partial charge in [0.15, 0.2) is 5.78 Å². The molecule has 44 heavy (non-hydrogen) atoms. The van der Waals surface area contributed by atoms with Crippen molar-refractivity contribution in [2.45, 2.75) is 56.0 Å². The molecule has 2 atom stereocenters. The maximum absolute atomic E-state index is 14.6. The normalized spacial score (nSPS) is 19.5. The zero-order chi connectivity index (χ0) is 31.0. The van der Waals surface area contributed by atoms with Gasteiger partial charge in [-0.05, 0) is 36.1 Å². The Morgan fingerprint density at radius 2 is 1.52 bits per heavy atom. The van der Waals surface area contributed by atoms with Gasteiger partial charge in [0.05, 0.1) is 24.0 Å². The van der Waals surface area contributed by atoms with Gasteiger partial charge in [-0.25, -0.2) is 4.98 Å². The van der Waals surface area contributed by atoms with Crippen LogP contribution in [0.15, 0.2) is 79.0 Å². The molecular weight excluding hydrogens is 583 g/mol. The van der Waals surface area contributed by atoms with E-state index < -0.39 is 36.6 Å². The molecule has 0 unspecified atom stereocenters. The number of aliphatic hydroxyl groups excluding tert-OH is 1. The van der Waals surface area contributed by atoms with Crippen LogP contribution in [0, 0.1) is 0 Å². The molecule has 12 heteroatoms. The number of carbonyl (C=O) groups excluding carboxylic acids is 1. The number of alkyl halides is 5. The lowest BCUT2D eigenvalue weighted by molar-refractivity contribution is -0.179. The minimum Gasteiger partial charge on any atom is -0.433 e. The van der Waals surface area contributed by atoms with Gasteiger partial charge < -0.3 is 14.7 Å². The molecule has 0 amide bonds. The molecule has 230 valence electrons. The van der Waals surface area contributed by atoms with Gasteiger partial charge in [-0.3, -0.25) is 9.48 Å². The highest BCUT2D eigenvalue weighted by Gasteiger charge is 2.54. The summed E-state index contributed by atoms with van der Waals surface area (Å²) < 4.78 is 74.8. The van der Waals surface area contributed by atoms with Crippen molar-refractivity contribution < 1.29 is 36.6 Å². The van der Waals surface area contributed by atoms with Crippen LogP contribution >= 0.6 is 0 Å². The molecule has 7 nitrogen and oxygen atoms in total. The number of aromatic nitrogens is 3. The first kappa shape index (κ1) is 29.7. The molecule has 1 fully saturated rings. The third-order valence-corrected chi connectivity index (χ3v) is 8.36. The summed E-state index contributed by atoms with van der Waals surface area (Å²) in [6.45, 7) is -2.12. The second-order valence-corrected chi connectivity index (χ2v) is 11.0. The number of anilines is 1. The minimum atomic E-state index is -4.88. The second kappa shape index (κ2) is 12.0. The standard InChI is InChI=1S/C32H29F5N4O3/c33-31(34)44-22-11-12-25(38-18-22)40-15-13-19(14-16-40)28-26-23(17-24(42)30(43)27(26)32(35,36)37)41(39-28)29(20-7-3-1-4-8-20)21-9-5-2-6-10-21/h1-12,18-19,27,29-31,43H,13-17H2/t27-,30+/m0/s1. The van der Waals surface area contributed by atoms with Gasteiger partial charge in [0, 0.05) is 24.6 Å². The molecule has 2 aromatic heterocycles. The smallest absolute Gasteiger partial charge is 0.398 e. The van der Waals surface area contributed by atoms with Gasteiger partial charge in [0.2, 0.25) is 0 Å². The minimum absolute atomic E-state index is 0.0755. The lowest BCUT2D eigenvalue weighted by Gasteiger charge is -2.34. The first-order chi connectivity index (χ1) is 21.1. The molecule has 4 aromatic rings. The third kappa shape index (κ3) is 5.78. The molecule has 0 saturated carbocycles. The number of halogens is 5. The van der Waals surface area contributed by atoms with Crippen molar-refractivity contribution in [3.05, 3.63) is 107 Å². The van der Waals surface area contributed by atoms with E-state index in [1.165, 1.54) is 12.3 Å². The van der Waals surface area contributed by atoms with E-state index in [9.17, 15) is 31.9 Å². The Bertz CT molecular complexity index is 1550. The van der Waals surface area contributed by atoms with Gasteiger partial charge in [0.25, 0.3) is 0 Å². The third-order valence-electron chi connectivity index (χ3n) is 8.36. The van der Waals surface area contributed by atoms with Crippen LogP contribution in [0.2, 0.25) is 0 Å². The quantitative estimate of drug-likeness (QED) is 0.257. The van der Waals surface area contributed by atoms with Gasteiger partial charge >= 0.3 is 12.8 Å². The van der Waals surface area contributed by atoms with E-state index in [-0.39, 0.29) is 35.0 Å². The SMILES string of the molecule is O=C1Cc2c(c(C3CCN(c4ccc(OC(F)F)cn4)CC3)nn2C(c2ccccc2)c2ccccc2)[C@H](C(F)(F)F)[C@@H]1O. The Balaban J connectivity index is 1.40. The number of ether oxygens (including phenoxy) is 1. The van der Waals surface area contributed by atoms with Gasteiger partial charge in [-0.2, -0.15) is 27.1 Å². The van der Waals surface area contributed by atoms with Gasteiger partial charge in [0.1, 0.15) is 29.6 Å². The van der Waals surface area contributed by atoms with Crippen LogP contribution in [0.3, 0.4) is 0 Å². The topological polar surface area (TPSA) is 80.5 Å². The van der Waals surface area contributed by atoms with Crippen LogP contribution in [0.4, 0.5) is 27.8 Å². The molecular formula is C32H29F5N4O3. The Hall–Kier alpha value is -4.32. The predicted octanol–water partition coefficient (Wildman–Crippen LogP) is 6.03. The number of Topliss-reactive ketones (excluding diaryl/α,β-unsaturated/α-hetero) is 1. The van der Waals surface area contributed by atoms with E-state index >= 15 is 0 Å². The van der Waals surface area contributed by atoms with E-state index in [0.717, 1.165) is 11.1 Å². The monoisotopic (exact) mass is 612 g/mol. The van der Waals surface area contributed by atoms with Crippen molar-refractivity contribution in [2.75, 3.05) is 18.0 Å².